The number of nitrogens with zero attached hydrogens (tertiary/aromatic N) is 2. The van der Waals surface area contributed by atoms with Gasteiger partial charge in [-0.3, -0.25) is 14.6 Å². The van der Waals surface area contributed by atoms with Crippen molar-refractivity contribution in [3.63, 3.8) is 0 Å². The van der Waals surface area contributed by atoms with E-state index in [-0.39, 0.29) is 18.5 Å². The van der Waals surface area contributed by atoms with Crippen LogP contribution in [-0.2, 0) is 20.9 Å². The van der Waals surface area contributed by atoms with Gasteiger partial charge in [-0.15, -0.1) is 0 Å². The fourth-order valence-corrected chi connectivity index (χ4v) is 4.59. The molecular weight excluding hydrogens is 580 g/mol. The second-order valence-corrected chi connectivity index (χ2v) is 10.1. The summed E-state index contributed by atoms with van der Waals surface area (Å²) in [4.78, 5) is 41.8. The van der Waals surface area contributed by atoms with Gasteiger partial charge < -0.3 is 35.5 Å². The number of aromatic amines is 1. The largest absolute Gasteiger partial charge is 0.515 e. The molecule has 43 heavy (non-hydrogen) atoms. The number of benzene rings is 1. The Kier molecular flexibility index (Phi) is 18.6. The van der Waals surface area contributed by atoms with E-state index in [9.17, 15) is 23.2 Å². The summed E-state index contributed by atoms with van der Waals surface area (Å²) in [6.07, 6.45) is 9.50. The monoisotopic (exact) mass is 619 g/mol. The van der Waals surface area contributed by atoms with E-state index in [2.05, 4.69) is 51.8 Å². The molecule has 0 aliphatic carbocycles. The number of aryl methyl sites for hydroxylation is 1. The third-order valence-electron chi connectivity index (χ3n) is 5.69. The minimum atomic E-state index is -3.17. The highest BCUT2D eigenvalue weighted by Gasteiger charge is 2.27. The van der Waals surface area contributed by atoms with Crippen molar-refractivity contribution in [3.05, 3.63) is 83.4 Å². The molecule has 0 spiro atoms. The van der Waals surface area contributed by atoms with Gasteiger partial charge in [0.25, 0.3) is 0 Å². The van der Waals surface area contributed by atoms with Crippen molar-refractivity contribution in [1.82, 2.24) is 25.5 Å². The molecule has 1 unspecified atom stereocenters. The van der Waals surface area contributed by atoms with E-state index in [0.29, 0.717) is 13.0 Å². The maximum Gasteiger partial charge on any atom is 0.342 e. The summed E-state index contributed by atoms with van der Waals surface area (Å²) in [7, 11) is 1.93. The Balaban J connectivity index is 0.000000304. The fourth-order valence-electron chi connectivity index (χ4n) is 3.74. The number of aromatic nitrogens is 2. The van der Waals surface area contributed by atoms with Gasteiger partial charge in [0.15, 0.2) is 0 Å². The van der Waals surface area contributed by atoms with Crippen molar-refractivity contribution in [3.8, 4) is 0 Å². The second-order valence-electron chi connectivity index (χ2n) is 9.11. The summed E-state index contributed by atoms with van der Waals surface area (Å²) >= 11 is 1.65. The number of H-pyrrole nitrogens is 1. The number of aliphatic hydroxyl groups excluding tert-OH is 2. The lowest BCUT2D eigenvalue weighted by Crippen LogP contribution is -2.41. The van der Waals surface area contributed by atoms with Crippen molar-refractivity contribution in [2.75, 3.05) is 20.1 Å². The predicted molar refractivity (Wildman–Crippen MR) is 165 cm³/mol. The van der Waals surface area contributed by atoms with Crippen LogP contribution in [0.1, 0.15) is 31.0 Å². The minimum absolute atomic E-state index is 0.0200. The number of carbonyl (C=O) groups is 3. The van der Waals surface area contributed by atoms with Crippen molar-refractivity contribution in [2.24, 2.45) is 0 Å². The smallest absolute Gasteiger partial charge is 0.342 e. The van der Waals surface area contributed by atoms with Gasteiger partial charge in [-0.05, 0) is 75.1 Å². The molecule has 4 rings (SSSR count). The lowest BCUT2D eigenvalue weighted by molar-refractivity contribution is -0.134. The molecule has 2 aromatic heterocycles. The zero-order chi connectivity index (χ0) is 32.0. The standard InChI is InChI=1S/C12H14OS.C9H11N3.C8H12N2O3.CH2F2O/c1-10-4-3-5-12(8-10)14-7-6-11(2)9-13;1-10-6-8-4-7-5-11-3-2-9(7)12-8;11-5-7-2-1-3-10(7)8(13)4-9-6-12;2-1(3)4/h3-9,13H,1-2H3;2-5,10,12H,6H2,1H3;5-7H,1-4H2,(H,9,12);1,4H/b7-6-,11-9+;;;. The molecule has 0 radical (unpaired) electrons. The quantitative estimate of drug-likeness (QED) is 0.102. The van der Waals surface area contributed by atoms with Crippen LogP contribution in [0.2, 0.25) is 0 Å². The number of likely N-dealkylation sites (tertiary alicyclic amines) is 1. The first kappa shape index (κ1) is 37.0. The zero-order valence-corrected chi connectivity index (χ0v) is 25.2. The molecule has 3 heterocycles. The second kappa shape index (κ2) is 21.6. The first-order valence-corrected chi connectivity index (χ1v) is 14.2. The molecule has 1 aromatic carbocycles. The van der Waals surface area contributed by atoms with Gasteiger partial charge in [0.1, 0.15) is 6.29 Å². The van der Waals surface area contributed by atoms with E-state index in [0.717, 1.165) is 43.0 Å². The topological polar surface area (TPSA) is 148 Å². The number of nitrogens with one attached hydrogen (secondary N) is 3. The summed E-state index contributed by atoms with van der Waals surface area (Å²) in [5, 5.41) is 23.9. The minimum Gasteiger partial charge on any atom is -0.515 e. The number of aldehydes is 1. The number of allylic oxidation sites excluding steroid dienone is 2. The molecule has 3 aromatic rings. The number of pyridine rings is 1. The Hall–Kier alpha value is -4.07. The van der Waals surface area contributed by atoms with E-state index in [1.807, 2.05) is 43.8 Å². The fraction of sp³-hybridized carbons (Fsp3) is 0.333. The number of rotatable bonds is 9. The molecule has 1 atom stereocenters. The first-order valence-electron chi connectivity index (χ1n) is 13.3. The van der Waals surface area contributed by atoms with E-state index < -0.39 is 6.61 Å². The summed E-state index contributed by atoms with van der Waals surface area (Å²) in [6, 6.07) is 12.1. The number of alkyl halides is 2. The lowest BCUT2D eigenvalue weighted by atomic mass is 10.2. The summed E-state index contributed by atoms with van der Waals surface area (Å²) in [5.41, 5.74) is 4.46. The van der Waals surface area contributed by atoms with E-state index in [1.54, 1.807) is 18.0 Å². The maximum absolute atomic E-state index is 11.3. The molecule has 13 heteroatoms. The molecule has 2 amide bonds. The van der Waals surface area contributed by atoms with Gasteiger partial charge in [0.05, 0.1) is 18.8 Å². The van der Waals surface area contributed by atoms with Crippen LogP contribution >= 0.6 is 11.8 Å². The number of thioether (sulfide) groups is 1. The van der Waals surface area contributed by atoms with Crippen LogP contribution in [0.15, 0.2) is 77.0 Å². The van der Waals surface area contributed by atoms with Crippen LogP contribution in [-0.4, -0.2) is 76.5 Å². The Morgan fingerprint density at radius 3 is 2.63 bits per heavy atom. The van der Waals surface area contributed by atoms with Crippen molar-refractivity contribution >= 4 is 41.3 Å². The van der Waals surface area contributed by atoms with Crippen LogP contribution in [0.25, 0.3) is 10.9 Å². The van der Waals surface area contributed by atoms with Crippen molar-refractivity contribution in [1.29, 1.82) is 0 Å². The highest BCUT2D eigenvalue weighted by molar-refractivity contribution is 8.02. The molecule has 1 fully saturated rings. The van der Waals surface area contributed by atoms with E-state index >= 15 is 0 Å². The molecular formula is C30H39F2N5O5S. The number of hydrogen-bond acceptors (Lipinski definition) is 8. The molecule has 1 aliphatic rings. The van der Waals surface area contributed by atoms with Gasteiger partial charge in [0.2, 0.25) is 12.3 Å². The van der Waals surface area contributed by atoms with Gasteiger partial charge in [-0.25, -0.2) is 0 Å². The number of fused-ring (bicyclic) bond motifs is 1. The van der Waals surface area contributed by atoms with E-state index in [4.69, 9.17) is 10.2 Å². The number of aliphatic hydroxyl groups is 2. The predicted octanol–water partition coefficient (Wildman–Crippen LogP) is 4.47. The van der Waals surface area contributed by atoms with Crippen molar-refractivity contribution < 1.29 is 33.4 Å². The van der Waals surface area contributed by atoms with Crippen molar-refractivity contribution in [2.45, 2.75) is 50.8 Å². The van der Waals surface area contributed by atoms with E-state index in [1.165, 1.54) is 26.4 Å². The molecule has 1 aliphatic heterocycles. The Morgan fingerprint density at radius 1 is 1.28 bits per heavy atom. The normalized spacial score (nSPS) is 14.3. The van der Waals surface area contributed by atoms with Crippen LogP contribution in [0.3, 0.4) is 0 Å². The molecule has 1 saturated heterocycles. The average molecular weight is 620 g/mol. The highest BCUT2D eigenvalue weighted by atomic mass is 32.2. The number of carbonyl (C=O) groups excluding carboxylic acids is 3. The summed E-state index contributed by atoms with van der Waals surface area (Å²) in [6.45, 7) is 2.23. The van der Waals surface area contributed by atoms with Gasteiger partial charge in [-0.2, -0.15) is 8.78 Å². The summed E-state index contributed by atoms with van der Waals surface area (Å²) < 4.78 is 19.8. The van der Waals surface area contributed by atoms with Gasteiger partial charge >= 0.3 is 6.61 Å². The number of hydrogen-bond donors (Lipinski definition) is 5. The molecule has 10 nitrogen and oxygen atoms in total. The van der Waals surface area contributed by atoms with Crippen LogP contribution in [0.5, 0.6) is 0 Å². The molecule has 0 saturated carbocycles. The average Bonchev–Trinajstić information content (AvgIpc) is 3.63. The third kappa shape index (κ3) is 15.7. The molecule has 234 valence electrons. The van der Waals surface area contributed by atoms with Crippen LogP contribution in [0.4, 0.5) is 8.78 Å². The zero-order valence-electron chi connectivity index (χ0n) is 24.4. The molecule has 5 N–H and O–H groups in total. The Labute approximate surface area is 254 Å². The first-order chi connectivity index (χ1) is 20.6. The van der Waals surface area contributed by atoms with Gasteiger partial charge in [0, 0.05) is 47.0 Å². The molecule has 0 bridgehead atoms. The van der Waals surface area contributed by atoms with Crippen LogP contribution in [0, 0.1) is 6.92 Å². The van der Waals surface area contributed by atoms with Crippen LogP contribution < -0.4 is 10.6 Å². The number of halogens is 2. The maximum atomic E-state index is 11.3. The Morgan fingerprint density at radius 2 is 2.02 bits per heavy atom. The SMILES string of the molecule is CC(/C=C\Sc1cccc(C)c1)=C\O.CNCc1cc2cnccc2[nH]1.O=CNCC(=O)N1CCCC1C=O.OC(F)F. The number of amides is 2. The third-order valence-corrected chi connectivity index (χ3v) is 6.48. The lowest BCUT2D eigenvalue weighted by Gasteiger charge is -2.19. The van der Waals surface area contributed by atoms with Gasteiger partial charge in [-0.1, -0.05) is 29.5 Å². The summed E-state index contributed by atoms with van der Waals surface area (Å²) in [5.74, 6) is -0.193. The highest BCUT2D eigenvalue weighted by Crippen LogP contribution is 2.20. The Bertz CT molecular complexity index is 1280.